The van der Waals surface area contributed by atoms with Crippen LogP contribution in [0, 0.1) is 11.8 Å². The minimum absolute atomic E-state index is 0.167. The number of benzene rings is 2. The van der Waals surface area contributed by atoms with Crippen molar-refractivity contribution >= 4 is 28.8 Å². The van der Waals surface area contributed by atoms with Gasteiger partial charge in [-0.15, -0.1) is 6.58 Å². The Balaban J connectivity index is 2.19. The fourth-order valence-corrected chi connectivity index (χ4v) is 5.44. The van der Waals surface area contributed by atoms with Gasteiger partial charge in [0.25, 0.3) is 5.91 Å². The van der Waals surface area contributed by atoms with Crippen LogP contribution in [0.4, 0.5) is 0 Å². The number of hydrogen-bond acceptors (Lipinski definition) is 8. The monoisotopic (exact) mass is 599 g/mol. The molecular formula is C31H41N3O7S. The van der Waals surface area contributed by atoms with Crippen LogP contribution < -0.4 is 9.47 Å². The maximum atomic E-state index is 14.1. The van der Waals surface area contributed by atoms with Crippen molar-refractivity contribution in [2.24, 2.45) is 16.2 Å². The van der Waals surface area contributed by atoms with E-state index < -0.39 is 45.5 Å². The number of ether oxygens (including phenoxy) is 4. The van der Waals surface area contributed by atoms with Crippen molar-refractivity contribution in [2.45, 2.75) is 51.1 Å². The molecule has 2 aromatic carbocycles. The number of esters is 1. The van der Waals surface area contributed by atoms with Crippen LogP contribution in [0.3, 0.4) is 0 Å². The highest BCUT2D eigenvalue weighted by Gasteiger charge is 2.55. The Morgan fingerprint density at radius 2 is 1.48 bits per heavy atom. The molecule has 0 bridgehead atoms. The summed E-state index contributed by atoms with van der Waals surface area (Å²) in [4.78, 5) is 27.4. The van der Waals surface area contributed by atoms with Crippen molar-refractivity contribution in [2.75, 3.05) is 28.4 Å². The van der Waals surface area contributed by atoms with Crippen molar-refractivity contribution < 1.29 is 32.7 Å². The molecule has 2 unspecified atom stereocenters. The molecule has 0 saturated carbocycles. The second kappa shape index (κ2) is 14.5. The van der Waals surface area contributed by atoms with Crippen LogP contribution in [-0.2, 0) is 43.1 Å². The van der Waals surface area contributed by atoms with Gasteiger partial charge in [0.1, 0.15) is 22.5 Å². The molecular weight excluding hydrogens is 558 g/mol. The van der Waals surface area contributed by atoms with E-state index in [4.69, 9.17) is 18.9 Å². The summed E-state index contributed by atoms with van der Waals surface area (Å²) in [5, 5.41) is 3.43. The van der Waals surface area contributed by atoms with E-state index in [-0.39, 0.29) is 19.0 Å². The molecule has 10 nitrogen and oxygen atoms in total. The molecule has 4 atom stereocenters. The Morgan fingerprint density at radius 3 is 1.90 bits per heavy atom. The zero-order valence-electron chi connectivity index (χ0n) is 25.4. The van der Waals surface area contributed by atoms with Crippen LogP contribution in [0.5, 0.6) is 11.5 Å². The Morgan fingerprint density at radius 1 is 0.952 bits per heavy atom. The largest absolute Gasteiger partial charge is 0.497 e. The molecule has 0 aliphatic carbocycles. The molecule has 0 aromatic heterocycles. The van der Waals surface area contributed by atoms with Crippen molar-refractivity contribution in [3.05, 3.63) is 72.3 Å². The lowest BCUT2D eigenvalue weighted by molar-refractivity contribution is -0.151. The summed E-state index contributed by atoms with van der Waals surface area (Å²) in [6.45, 7) is 9.81. The van der Waals surface area contributed by atoms with Gasteiger partial charge in [-0.2, -0.15) is 4.40 Å². The SMILES string of the molecule is C=CCC(/C(=N/S(=O)C(C)(C)C)OC)[C@@H]1[C@@H](C(=O)OC)C(=O)N(Cc2ccc(OC)cc2)N1Cc1ccc(OC)cc1. The molecule has 1 aliphatic heterocycles. The molecule has 1 saturated heterocycles. The molecule has 1 fully saturated rings. The summed E-state index contributed by atoms with van der Waals surface area (Å²) in [7, 11) is 4.23. The van der Waals surface area contributed by atoms with E-state index in [0.29, 0.717) is 17.9 Å². The molecule has 0 spiro atoms. The normalized spacial score (nSPS) is 19.3. The number of carbonyl (C=O) groups excluding carboxylic acids is 2. The van der Waals surface area contributed by atoms with Gasteiger partial charge in [0, 0.05) is 6.54 Å². The number of carbonyl (C=O) groups is 2. The number of hydrogen-bond donors (Lipinski definition) is 0. The van der Waals surface area contributed by atoms with E-state index >= 15 is 0 Å². The van der Waals surface area contributed by atoms with E-state index in [1.807, 2.05) is 74.3 Å². The summed E-state index contributed by atoms with van der Waals surface area (Å²) < 4.78 is 38.4. The van der Waals surface area contributed by atoms with E-state index in [9.17, 15) is 13.8 Å². The number of nitrogens with zero attached hydrogens (tertiary/aromatic N) is 3. The van der Waals surface area contributed by atoms with Gasteiger partial charge in [0.15, 0.2) is 5.92 Å². The molecule has 11 heteroatoms. The van der Waals surface area contributed by atoms with Gasteiger partial charge in [-0.25, -0.2) is 9.22 Å². The summed E-state index contributed by atoms with van der Waals surface area (Å²) in [5.41, 5.74) is 1.72. The minimum Gasteiger partial charge on any atom is -0.497 e. The van der Waals surface area contributed by atoms with Gasteiger partial charge in [-0.3, -0.25) is 14.6 Å². The fraction of sp³-hybridized carbons (Fsp3) is 0.452. The lowest BCUT2D eigenvalue weighted by atomic mass is 9.85. The molecule has 0 N–H and O–H groups in total. The van der Waals surface area contributed by atoms with Gasteiger partial charge in [0.2, 0.25) is 5.90 Å². The zero-order valence-corrected chi connectivity index (χ0v) is 26.2. The standard InChI is InChI=1S/C31H41N3O7S/c1-9-10-25(28(40-7)32-42(37)31(2,3)4)27-26(30(36)41-8)29(35)34(20-22-13-17-24(39-6)18-14-22)33(27)19-21-11-15-23(38-5)16-12-21/h9,11-18,25-27H,1,10,19-20H2,2-8H3/b32-28-/t25?,26-,27-,42?/m1/s1. The van der Waals surface area contributed by atoms with E-state index in [0.717, 1.165) is 11.1 Å². The van der Waals surface area contributed by atoms with Crippen LogP contribution in [-0.4, -0.2) is 71.2 Å². The number of allylic oxidation sites excluding steroid dienone is 1. The summed E-state index contributed by atoms with van der Waals surface area (Å²) in [5.74, 6) is -1.39. The van der Waals surface area contributed by atoms with Gasteiger partial charge < -0.3 is 18.9 Å². The van der Waals surface area contributed by atoms with Crippen molar-refractivity contribution in [1.29, 1.82) is 0 Å². The fourth-order valence-electron chi connectivity index (χ4n) is 4.80. The minimum atomic E-state index is -1.65. The first kappa shape index (κ1) is 32.8. The maximum absolute atomic E-state index is 14.1. The number of hydrazine groups is 1. The van der Waals surface area contributed by atoms with Crippen LogP contribution >= 0.6 is 0 Å². The highest BCUT2D eigenvalue weighted by atomic mass is 32.2. The van der Waals surface area contributed by atoms with Gasteiger partial charge >= 0.3 is 5.97 Å². The first-order chi connectivity index (χ1) is 20.0. The topological polar surface area (TPSA) is 107 Å². The molecule has 0 radical (unpaired) electrons. The number of rotatable bonds is 12. The zero-order chi connectivity index (χ0) is 31.0. The maximum Gasteiger partial charge on any atom is 0.320 e. The van der Waals surface area contributed by atoms with Crippen LogP contribution in [0.25, 0.3) is 0 Å². The molecule has 2 aromatic rings. The summed E-state index contributed by atoms with van der Waals surface area (Å²) in [6, 6.07) is 14.1. The third-order valence-electron chi connectivity index (χ3n) is 7.02. The summed E-state index contributed by atoms with van der Waals surface area (Å²) in [6.07, 6.45) is 1.98. The molecule has 1 amide bonds. The Bertz CT molecular complexity index is 1290. The van der Waals surface area contributed by atoms with Crippen molar-refractivity contribution in [1.82, 2.24) is 10.0 Å². The quantitative estimate of drug-likeness (QED) is 0.117. The third kappa shape index (κ3) is 7.57. The average molecular weight is 600 g/mol. The first-order valence-corrected chi connectivity index (χ1v) is 14.7. The van der Waals surface area contributed by atoms with Crippen LogP contribution in [0.2, 0.25) is 0 Å². The van der Waals surface area contributed by atoms with E-state index in [1.165, 1.54) is 14.2 Å². The van der Waals surface area contributed by atoms with Gasteiger partial charge in [-0.05, 0) is 62.6 Å². The van der Waals surface area contributed by atoms with Crippen molar-refractivity contribution in [3.8, 4) is 11.5 Å². The van der Waals surface area contributed by atoms with Gasteiger partial charge in [0.05, 0.1) is 51.7 Å². The highest BCUT2D eigenvalue weighted by molar-refractivity contribution is 7.85. The van der Waals surface area contributed by atoms with E-state index in [1.54, 1.807) is 25.3 Å². The summed E-state index contributed by atoms with van der Waals surface area (Å²) >= 11 is 0. The molecule has 1 aliphatic rings. The second-order valence-corrected chi connectivity index (χ2v) is 12.7. The molecule has 42 heavy (non-hydrogen) atoms. The lowest BCUT2D eigenvalue weighted by Crippen LogP contribution is -2.48. The Hall–Kier alpha value is -3.70. The first-order valence-electron chi connectivity index (χ1n) is 13.6. The molecule has 3 rings (SSSR count). The second-order valence-electron chi connectivity index (χ2n) is 10.8. The Labute approximate surface area is 250 Å². The highest BCUT2D eigenvalue weighted by Crippen LogP contribution is 2.37. The predicted molar refractivity (Wildman–Crippen MR) is 162 cm³/mol. The van der Waals surface area contributed by atoms with Gasteiger partial charge in [-0.1, -0.05) is 30.3 Å². The third-order valence-corrected chi connectivity index (χ3v) is 8.42. The smallest absolute Gasteiger partial charge is 0.320 e. The lowest BCUT2D eigenvalue weighted by Gasteiger charge is -2.36. The van der Waals surface area contributed by atoms with Crippen molar-refractivity contribution in [3.63, 3.8) is 0 Å². The molecule has 228 valence electrons. The number of methoxy groups -OCH3 is 4. The predicted octanol–water partition coefficient (Wildman–Crippen LogP) is 4.32. The van der Waals surface area contributed by atoms with Crippen LogP contribution in [0.15, 0.2) is 65.6 Å². The van der Waals surface area contributed by atoms with Crippen LogP contribution in [0.1, 0.15) is 38.3 Å². The Kier molecular flexibility index (Phi) is 11.3. The molecule has 1 heterocycles. The van der Waals surface area contributed by atoms with E-state index in [2.05, 4.69) is 11.0 Å². The number of amides is 1. The average Bonchev–Trinajstić information content (AvgIpc) is 3.24.